The van der Waals surface area contributed by atoms with Crippen LogP contribution in [0, 0.1) is 3.57 Å². The molecule has 2 aromatic carbocycles. The first-order valence-corrected chi connectivity index (χ1v) is 7.46. The van der Waals surface area contributed by atoms with Crippen LogP contribution in [0.25, 0.3) is 5.70 Å². The predicted octanol–water partition coefficient (Wildman–Crippen LogP) is 3.29. The van der Waals surface area contributed by atoms with Gasteiger partial charge < -0.3 is 5.11 Å². The van der Waals surface area contributed by atoms with Gasteiger partial charge in [-0.3, -0.25) is 15.6 Å². The van der Waals surface area contributed by atoms with E-state index >= 15 is 0 Å². The highest BCUT2D eigenvalue weighted by Crippen LogP contribution is 2.16. The van der Waals surface area contributed by atoms with Crippen molar-refractivity contribution in [3.05, 3.63) is 69.3 Å². The quantitative estimate of drug-likeness (QED) is 0.551. The zero-order valence-corrected chi connectivity index (χ0v) is 13.6. The Kier molecular flexibility index (Phi) is 5.21. The van der Waals surface area contributed by atoms with Crippen molar-refractivity contribution in [1.82, 2.24) is 10.9 Å². The summed E-state index contributed by atoms with van der Waals surface area (Å²) in [6.07, 6.45) is 1.85. The fraction of sp³-hybridized carbons (Fsp3) is 0.0625. The molecule has 0 aliphatic heterocycles. The number of nitrogens with one attached hydrogen (secondary N) is 2. The molecule has 0 aliphatic rings. The maximum atomic E-state index is 12.1. The van der Waals surface area contributed by atoms with Gasteiger partial charge >= 0.3 is 0 Å². The normalized spacial score (nSPS) is 11.0. The van der Waals surface area contributed by atoms with Gasteiger partial charge in [-0.2, -0.15) is 0 Å². The van der Waals surface area contributed by atoms with E-state index in [0.29, 0.717) is 5.56 Å². The average molecular weight is 394 g/mol. The van der Waals surface area contributed by atoms with Crippen molar-refractivity contribution >= 4 is 34.2 Å². The zero-order chi connectivity index (χ0) is 15.2. The van der Waals surface area contributed by atoms with E-state index in [0.717, 1.165) is 14.8 Å². The molecular weight excluding hydrogens is 379 g/mol. The number of carbonyl (C=O) groups excluding carboxylic acids is 1. The van der Waals surface area contributed by atoms with E-state index in [-0.39, 0.29) is 11.7 Å². The Bertz CT molecular complexity index is 666. The molecule has 0 spiro atoms. The first-order valence-electron chi connectivity index (χ1n) is 6.38. The van der Waals surface area contributed by atoms with Crippen LogP contribution in [0.2, 0.25) is 0 Å². The molecule has 0 heterocycles. The molecule has 5 heteroatoms. The van der Waals surface area contributed by atoms with Crippen molar-refractivity contribution in [2.75, 3.05) is 0 Å². The van der Waals surface area contributed by atoms with Crippen LogP contribution in [0.1, 0.15) is 22.8 Å². The minimum atomic E-state index is -0.196. The van der Waals surface area contributed by atoms with Crippen LogP contribution in [-0.2, 0) is 0 Å². The van der Waals surface area contributed by atoms with Crippen molar-refractivity contribution in [2.24, 2.45) is 0 Å². The van der Waals surface area contributed by atoms with Gasteiger partial charge in [0.25, 0.3) is 5.91 Å². The molecule has 0 aromatic heterocycles. The topological polar surface area (TPSA) is 61.4 Å². The number of rotatable bonds is 4. The number of hydrazine groups is 1. The molecule has 2 aromatic rings. The number of halogens is 1. The van der Waals surface area contributed by atoms with E-state index in [1.165, 1.54) is 0 Å². The van der Waals surface area contributed by atoms with E-state index in [1.54, 1.807) is 30.3 Å². The Morgan fingerprint density at radius 2 is 1.76 bits per heavy atom. The number of aromatic hydroxyl groups is 1. The Hall–Kier alpha value is -2.02. The molecule has 0 atom stereocenters. The largest absolute Gasteiger partial charge is 0.508 e. The number of benzene rings is 2. The number of allylic oxidation sites excluding steroid dienone is 1. The maximum Gasteiger partial charge on any atom is 0.270 e. The summed E-state index contributed by atoms with van der Waals surface area (Å²) in [6.45, 7) is 1.87. The molecule has 21 heavy (non-hydrogen) atoms. The first kappa shape index (κ1) is 15.4. The number of phenols is 1. The average Bonchev–Trinajstić information content (AvgIpc) is 2.49. The summed E-state index contributed by atoms with van der Waals surface area (Å²) >= 11 is 2.13. The summed E-state index contributed by atoms with van der Waals surface area (Å²) in [5.74, 6) is 0.00945. The van der Waals surface area contributed by atoms with E-state index in [2.05, 4.69) is 33.4 Å². The van der Waals surface area contributed by atoms with E-state index < -0.39 is 0 Å². The second-order valence-electron chi connectivity index (χ2n) is 4.31. The third-order valence-corrected chi connectivity index (χ3v) is 3.84. The van der Waals surface area contributed by atoms with Gasteiger partial charge in [-0.05, 0) is 71.5 Å². The number of hydrogen-bond donors (Lipinski definition) is 3. The molecule has 4 nitrogen and oxygen atoms in total. The third-order valence-electron chi connectivity index (χ3n) is 2.90. The van der Waals surface area contributed by atoms with Gasteiger partial charge in [0.15, 0.2) is 0 Å². The van der Waals surface area contributed by atoms with Crippen LogP contribution in [0.4, 0.5) is 0 Å². The van der Waals surface area contributed by atoms with Crippen molar-refractivity contribution in [3.8, 4) is 5.75 Å². The van der Waals surface area contributed by atoms with Crippen LogP contribution in [0.3, 0.4) is 0 Å². The highest BCUT2D eigenvalue weighted by Gasteiger charge is 2.09. The summed E-state index contributed by atoms with van der Waals surface area (Å²) < 4.78 is 0.890. The van der Waals surface area contributed by atoms with Crippen LogP contribution < -0.4 is 10.9 Å². The number of carbonyl (C=O) groups is 1. The van der Waals surface area contributed by atoms with E-state index in [1.807, 2.05) is 31.2 Å². The summed E-state index contributed by atoms with van der Waals surface area (Å²) in [4.78, 5) is 12.1. The molecule has 2 rings (SSSR count). The van der Waals surface area contributed by atoms with Gasteiger partial charge in [0.1, 0.15) is 5.75 Å². The molecular formula is C16H15IN2O2. The summed E-state index contributed by atoms with van der Waals surface area (Å²) in [6, 6.07) is 14.1. The number of amides is 1. The van der Waals surface area contributed by atoms with Gasteiger partial charge in [-0.25, -0.2) is 0 Å². The molecule has 0 radical (unpaired) electrons. The van der Waals surface area contributed by atoms with Crippen LogP contribution in [0.15, 0.2) is 54.6 Å². The lowest BCUT2D eigenvalue weighted by atomic mass is 10.1. The third kappa shape index (κ3) is 3.98. The monoisotopic (exact) mass is 394 g/mol. The highest BCUT2D eigenvalue weighted by atomic mass is 127. The molecule has 0 bridgehead atoms. The summed E-state index contributed by atoms with van der Waals surface area (Å²) in [5, 5.41) is 9.30. The van der Waals surface area contributed by atoms with E-state index in [4.69, 9.17) is 0 Å². The Morgan fingerprint density at radius 1 is 1.10 bits per heavy atom. The smallest absolute Gasteiger partial charge is 0.270 e. The first-order chi connectivity index (χ1) is 10.1. The lowest BCUT2D eigenvalue weighted by Crippen LogP contribution is -2.36. The molecule has 0 aliphatic carbocycles. The minimum Gasteiger partial charge on any atom is -0.508 e. The van der Waals surface area contributed by atoms with Gasteiger partial charge in [0.05, 0.1) is 11.3 Å². The fourth-order valence-electron chi connectivity index (χ4n) is 1.79. The Morgan fingerprint density at radius 3 is 2.38 bits per heavy atom. The molecule has 0 unspecified atom stereocenters. The number of hydrogen-bond acceptors (Lipinski definition) is 3. The van der Waals surface area contributed by atoms with Crippen molar-refractivity contribution in [1.29, 1.82) is 0 Å². The SMILES string of the molecule is CC=C(NNC(=O)c1ccccc1I)c1ccc(O)cc1. The second-order valence-corrected chi connectivity index (χ2v) is 5.47. The van der Waals surface area contributed by atoms with Crippen LogP contribution in [0.5, 0.6) is 5.75 Å². The predicted molar refractivity (Wildman–Crippen MR) is 91.5 cm³/mol. The summed E-state index contributed by atoms with van der Waals surface area (Å²) in [5.41, 5.74) is 7.84. The van der Waals surface area contributed by atoms with Crippen molar-refractivity contribution < 1.29 is 9.90 Å². The van der Waals surface area contributed by atoms with Gasteiger partial charge in [-0.15, -0.1) is 0 Å². The maximum absolute atomic E-state index is 12.1. The standard InChI is InChI=1S/C16H15IN2O2/c1-2-15(11-7-9-12(20)10-8-11)18-19-16(21)13-5-3-4-6-14(13)17/h2-10,18,20H,1H3,(H,19,21). The second kappa shape index (κ2) is 7.12. The molecule has 0 fully saturated rings. The number of phenolic OH excluding ortho intramolecular Hbond substituents is 1. The molecule has 3 N–H and O–H groups in total. The molecule has 108 valence electrons. The van der Waals surface area contributed by atoms with Gasteiger partial charge in [0, 0.05) is 3.57 Å². The van der Waals surface area contributed by atoms with Crippen LogP contribution >= 0.6 is 22.6 Å². The molecule has 0 saturated heterocycles. The zero-order valence-electron chi connectivity index (χ0n) is 11.4. The lowest BCUT2D eigenvalue weighted by Gasteiger charge is -2.13. The lowest BCUT2D eigenvalue weighted by molar-refractivity contribution is 0.0941. The van der Waals surface area contributed by atoms with Gasteiger partial charge in [0.2, 0.25) is 0 Å². The van der Waals surface area contributed by atoms with Crippen LogP contribution in [-0.4, -0.2) is 11.0 Å². The summed E-state index contributed by atoms with van der Waals surface area (Å²) in [7, 11) is 0. The van der Waals surface area contributed by atoms with Crippen molar-refractivity contribution in [3.63, 3.8) is 0 Å². The minimum absolute atomic E-state index is 0.196. The highest BCUT2D eigenvalue weighted by molar-refractivity contribution is 14.1. The van der Waals surface area contributed by atoms with Crippen molar-refractivity contribution in [2.45, 2.75) is 6.92 Å². The fourth-order valence-corrected chi connectivity index (χ4v) is 2.42. The van der Waals surface area contributed by atoms with Gasteiger partial charge in [-0.1, -0.05) is 18.2 Å². The Labute approximate surface area is 137 Å². The molecule has 1 amide bonds. The van der Waals surface area contributed by atoms with E-state index in [9.17, 15) is 9.90 Å². The molecule has 0 saturated carbocycles. The Balaban J connectivity index is 2.06.